The van der Waals surface area contributed by atoms with Gasteiger partial charge in [-0.1, -0.05) is 60.7 Å². The van der Waals surface area contributed by atoms with Crippen LogP contribution in [0.15, 0.2) is 60.7 Å². The molecule has 1 heterocycles. The molecule has 1 amide bonds. The first-order valence-corrected chi connectivity index (χ1v) is 7.60. The Morgan fingerprint density at radius 1 is 0.955 bits per heavy atom. The summed E-state index contributed by atoms with van der Waals surface area (Å²) in [5, 5.41) is 0. The highest BCUT2D eigenvalue weighted by Crippen LogP contribution is 2.28. The van der Waals surface area contributed by atoms with Crippen molar-refractivity contribution in [1.29, 1.82) is 0 Å². The molecule has 0 aliphatic carbocycles. The molecule has 0 unspecified atom stereocenters. The number of aldehydes is 1. The van der Waals surface area contributed by atoms with Crippen molar-refractivity contribution in [3.63, 3.8) is 0 Å². The summed E-state index contributed by atoms with van der Waals surface area (Å²) < 4.78 is 0. The van der Waals surface area contributed by atoms with Gasteiger partial charge in [0.25, 0.3) is 0 Å². The van der Waals surface area contributed by atoms with E-state index in [0.29, 0.717) is 19.5 Å². The number of carbonyl (C=O) groups is 2. The van der Waals surface area contributed by atoms with Gasteiger partial charge in [0, 0.05) is 19.0 Å². The predicted molar refractivity (Wildman–Crippen MR) is 85.0 cm³/mol. The first-order chi connectivity index (χ1) is 10.8. The van der Waals surface area contributed by atoms with Crippen LogP contribution in [0.4, 0.5) is 0 Å². The van der Waals surface area contributed by atoms with E-state index >= 15 is 0 Å². The summed E-state index contributed by atoms with van der Waals surface area (Å²) >= 11 is 0. The molecule has 0 N–H and O–H groups in total. The van der Waals surface area contributed by atoms with Crippen molar-refractivity contribution in [2.24, 2.45) is 11.8 Å². The minimum absolute atomic E-state index is 0.0878. The third kappa shape index (κ3) is 3.08. The predicted octanol–water partition coefficient (Wildman–Crippen LogP) is 2.70. The molecule has 112 valence electrons. The van der Waals surface area contributed by atoms with Crippen molar-refractivity contribution >= 4 is 12.2 Å². The Labute approximate surface area is 130 Å². The fourth-order valence-electron chi connectivity index (χ4n) is 3.08. The smallest absolute Gasteiger partial charge is 0.227 e. The molecule has 2 atom stereocenters. The quantitative estimate of drug-likeness (QED) is 0.795. The topological polar surface area (TPSA) is 37.4 Å². The molecule has 1 saturated heterocycles. The Hall–Kier alpha value is -2.42. The van der Waals surface area contributed by atoms with E-state index in [1.165, 1.54) is 0 Å². The van der Waals surface area contributed by atoms with Gasteiger partial charge in [-0.15, -0.1) is 0 Å². The molecule has 22 heavy (non-hydrogen) atoms. The third-order valence-electron chi connectivity index (χ3n) is 4.27. The molecule has 2 aromatic rings. The zero-order valence-corrected chi connectivity index (χ0v) is 12.4. The average Bonchev–Trinajstić information content (AvgIpc) is 2.86. The van der Waals surface area contributed by atoms with Gasteiger partial charge in [-0.3, -0.25) is 4.79 Å². The van der Waals surface area contributed by atoms with Gasteiger partial charge in [0.2, 0.25) is 5.91 Å². The second-order valence-electron chi connectivity index (χ2n) is 5.80. The maximum absolute atomic E-state index is 12.7. The van der Waals surface area contributed by atoms with Crippen molar-refractivity contribution in [2.75, 3.05) is 6.54 Å². The molecule has 3 nitrogen and oxygen atoms in total. The van der Waals surface area contributed by atoms with Crippen molar-refractivity contribution in [3.05, 3.63) is 71.8 Å². The Morgan fingerprint density at radius 2 is 1.55 bits per heavy atom. The summed E-state index contributed by atoms with van der Waals surface area (Å²) in [4.78, 5) is 25.8. The first-order valence-electron chi connectivity index (χ1n) is 7.60. The van der Waals surface area contributed by atoms with Crippen LogP contribution in [-0.2, 0) is 22.6 Å². The summed E-state index contributed by atoms with van der Waals surface area (Å²) in [5.74, 6) is -0.357. The lowest BCUT2D eigenvalue weighted by Crippen LogP contribution is -2.27. The van der Waals surface area contributed by atoms with E-state index in [9.17, 15) is 9.59 Å². The zero-order chi connectivity index (χ0) is 15.4. The van der Waals surface area contributed by atoms with Crippen molar-refractivity contribution in [2.45, 2.75) is 13.0 Å². The van der Waals surface area contributed by atoms with Gasteiger partial charge in [-0.25, -0.2) is 0 Å². The summed E-state index contributed by atoms with van der Waals surface area (Å²) in [7, 11) is 0. The summed E-state index contributed by atoms with van der Waals surface area (Å²) in [6.45, 7) is 1.10. The minimum atomic E-state index is -0.233. The van der Waals surface area contributed by atoms with Crippen LogP contribution >= 0.6 is 0 Å². The normalized spacial score (nSPS) is 21.1. The van der Waals surface area contributed by atoms with E-state index < -0.39 is 0 Å². The monoisotopic (exact) mass is 293 g/mol. The maximum Gasteiger partial charge on any atom is 0.227 e. The van der Waals surface area contributed by atoms with Crippen LogP contribution in [0.3, 0.4) is 0 Å². The Bertz CT molecular complexity index is 639. The first kappa shape index (κ1) is 14.5. The van der Waals surface area contributed by atoms with Gasteiger partial charge in [-0.05, 0) is 17.5 Å². The number of rotatable bonds is 5. The van der Waals surface area contributed by atoms with Gasteiger partial charge in [0.1, 0.15) is 6.29 Å². The molecule has 0 spiro atoms. The van der Waals surface area contributed by atoms with Gasteiger partial charge < -0.3 is 9.69 Å². The molecule has 3 heteroatoms. The summed E-state index contributed by atoms with van der Waals surface area (Å²) in [5.41, 5.74) is 2.20. The van der Waals surface area contributed by atoms with Gasteiger partial charge >= 0.3 is 0 Å². The Morgan fingerprint density at radius 3 is 2.14 bits per heavy atom. The molecule has 0 bridgehead atoms. The number of hydrogen-bond acceptors (Lipinski definition) is 2. The van der Waals surface area contributed by atoms with Crippen LogP contribution in [0.1, 0.15) is 11.1 Å². The standard InChI is InChI=1S/C19H19NO2/c21-14-17-13-20(12-16-9-5-2-6-10-16)19(22)18(17)11-15-7-3-1-4-8-15/h1-10,14,17-18H,11-13H2/t17-,18+/m1/s1. The van der Waals surface area contributed by atoms with Crippen LogP contribution in [0.25, 0.3) is 0 Å². The average molecular weight is 293 g/mol. The fraction of sp³-hybridized carbons (Fsp3) is 0.263. The van der Waals surface area contributed by atoms with Crippen molar-refractivity contribution in [3.8, 4) is 0 Å². The highest BCUT2D eigenvalue weighted by Gasteiger charge is 2.39. The second kappa shape index (κ2) is 6.56. The number of hydrogen-bond donors (Lipinski definition) is 0. The Kier molecular flexibility index (Phi) is 4.33. The molecule has 1 aliphatic heterocycles. The summed E-state index contributed by atoms with van der Waals surface area (Å²) in [6, 6.07) is 19.8. The van der Waals surface area contributed by atoms with Crippen LogP contribution in [0.2, 0.25) is 0 Å². The molecule has 0 radical (unpaired) electrons. The molecule has 0 aromatic heterocycles. The maximum atomic E-state index is 12.7. The van der Waals surface area contributed by atoms with E-state index in [1.807, 2.05) is 65.6 Å². The Balaban J connectivity index is 1.74. The second-order valence-corrected chi connectivity index (χ2v) is 5.80. The molecular formula is C19H19NO2. The zero-order valence-electron chi connectivity index (χ0n) is 12.4. The van der Waals surface area contributed by atoms with Gasteiger partial charge in [0.15, 0.2) is 0 Å². The van der Waals surface area contributed by atoms with Crippen LogP contribution in [0.5, 0.6) is 0 Å². The van der Waals surface area contributed by atoms with Crippen molar-refractivity contribution in [1.82, 2.24) is 4.90 Å². The fourth-order valence-corrected chi connectivity index (χ4v) is 3.08. The van der Waals surface area contributed by atoms with Crippen LogP contribution < -0.4 is 0 Å². The van der Waals surface area contributed by atoms with Gasteiger partial charge in [-0.2, -0.15) is 0 Å². The number of amides is 1. The molecule has 1 aliphatic rings. The summed E-state index contributed by atoms with van der Waals surface area (Å²) in [6.07, 6.45) is 1.57. The van der Waals surface area contributed by atoms with E-state index in [-0.39, 0.29) is 17.7 Å². The molecular weight excluding hydrogens is 274 g/mol. The van der Waals surface area contributed by atoms with E-state index in [0.717, 1.165) is 17.4 Å². The van der Waals surface area contributed by atoms with Gasteiger partial charge in [0.05, 0.1) is 5.92 Å². The highest BCUT2D eigenvalue weighted by molar-refractivity contribution is 5.85. The number of carbonyl (C=O) groups excluding carboxylic acids is 2. The van der Waals surface area contributed by atoms with Crippen molar-refractivity contribution < 1.29 is 9.59 Å². The van der Waals surface area contributed by atoms with Crippen LogP contribution in [-0.4, -0.2) is 23.6 Å². The van der Waals surface area contributed by atoms with E-state index in [1.54, 1.807) is 0 Å². The number of benzene rings is 2. The molecule has 2 aromatic carbocycles. The number of likely N-dealkylation sites (tertiary alicyclic amines) is 1. The lowest BCUT2D eigenvalue weighted by molar-refractivity contribution is -0.132. The lowest BCUT2D eigenvalue weighted by Gasteiger charge is -2.16. The largest absolute Gasteiger partial charge is 0.337 e. The third-order valence-corrected chi connectivity index (χ3v) is 4.27. The molecule has 1 fully saturated rings. The highest BCUT2D eigenvalue weighted by atomic mass is 16.2. The minimum Gasteiger partial charge on any atom is -0.337 e. The van der Waals surface area contributed by atoms with E-state index in [4.69, 9.17) is 0 Å². The molecule has 0 saturated carbocycles. The molecule has 3 rings (SSSR count). The van der Waals surface area contributed by atoms with E-state index in [2.05, 4.69) is 0 Å². The number of nitrogens with zero attached hydrogens (tertiary/aromatic N) is 1. The lowest BCUT2D eigenvalue weighted by atomic mass is 9.90. The van der Waals surface area contributed by atoms with Crippen LogP contribution in [0, 0.1) is 11.8 Å². The SMILES string of the molecule is O=C[C@H]1CN(Cc2ccccc2)C(=O)[C@H]1Cc1ccccc1.